The second-order valence-electron chi connectivity index (χ2n) is 4.25. The predicted octanol–water partition coefficient (Wildman–Crippen LogP) is 2.47. The quantitative estimate of drug-likeness (QED) is 0.800. The zero-order chi connectivity index (χ0) is 15.1. The molecule has 0 bridgehead atoms. The van der Waals surface area contributed by atoms with Gasteiger partial charge in [-0.3, -0.25) is 4.79 Å². The van der Waals surface area contributed by atoms with Crippen molar-refractivity contribution < 1.29 is 14.3 Å². The lowest BCUT2D eigenvalue weighted by Crippen LogP contribution is -2.34. The van der Waals surface area contributed by atoms with E-state index in [1.807, 2.05) is 19.9 Å². The molecule has 108 valence electrons. The summed E-state index contributed by atoms with van der Waals surface area (Å²) in [6.45, 7) is 6.45. The average Bonchev–Trinajstić information content (AvgIpc) is 2.47. The highest BCUT2D eigenvalue weighted by Gasteiger charge is 2.18. The first-order chi connectivity index (χ1) is 9.54. The van der Waals surface area contributed by atoms with Crippen molar-refractivity contribution in [3.05, 3.63) is 23.8 Å². The van der Waals surface area contributed by atoms with Gasteiger partial charge in [-0.05, 0) is 39.0 Å². The number of ether oxygens (including phenoxy) is 2. The number of carbonyl (C=O) groups excluding carboxylic acids is 1. The van der Waals surface area contributed by atoms with Gasteiger partial charge in [0, 0.05) is 12.6 Å². The summed E-state index contributed by atoms with van der Waals surface area (Å²) in [4.78, 5) is 13.6. The summed E-state index contributed by atoms with van der Waals surface area (Å²) in [5.41, 5.74) is 0.474. The van der Waals surface area contributed by atoms with Gasteiger partial charge < -0.3 is 14.4 Å². The molecule has 1 aromatic rings. The molecule has 1 atom stereocenters. The minimum absolute atomic E-state index is 0.219. The summed E-state index contributed by atoms with van der Waals surface area (Å²) >= 11 is 0. The van der Waals surface area contributed by atoms with Crippen LogP contribution in [0.1, 0.15) is 31.1 Å². The first kappa shape index (κ1) is 15.8. The summed E-state index contributed by atoms with van der Waals surface area (Å²) in [5, 5.41) is 8.87. The number of carbonyl (C=O) groups is 1. The molecule has 0 saturated heterocycles. The van der Waals surface area contributed by atoms with Crippen molar-refractivity contribution >= 4 is 5.91 Å². The van der Waals surface area contributed by atoms with Crippen molar-refractivity contribution in [2.75, 3.05) is 20.3 Å². The van der Waals surface area contributed by atoms with Crippen LogP contribution in [0, 0.1) is 11.3 Å². The average molecular weight is 276 g/mol. The highest BCUT2D eigenvalue weighted by atomic mass is 16.5. The van der Waals surface area contributed by atoms with Crippen LogP contribution in [0.15, 0.2) is 18.2 Å². The van der Waals surface area contributed by atoms with Gasteiger partial charge in [0.25, 0.3) is 5.91 Å². The highest BCUT2D eigenvalue weighted by molar-refractivity contribution is 5.95. The molecule has 0 aromatic heterocycles. The first-order valence-electron chi connectivity index (χ1n) is 6.61. The molecular formula is C15H20N2O3. The van der Waals surface area contributed by atoms with Gasteiger partial charge in [-0.1, -0.05) is 0 Å². The number of nitrogens with zero attached hydrogens (tertiary/aromatic N) is 2. The number of amides is 1. The van der Waals surface area contributed by atoms with E-state index in [4.69, 9.17) is 14.7 Å². The Morgan fingerprint density at radius 3 is 2.45 bits per heavy atom. The maximum absolute atomic E-state index is 12.2. The Balaban J connectivity index is 3.05. The van der Waals surface area contributed by atoms with Gasteiger partial charge in [0.2, 0.25) is 0 Å². The lowest BCUT2D eigenvalue weighted by molar-refractivity contribution is 0.0772. The zero-order valence-electron chi connectivity index (χ0n) is 12.3. The fourth-order valence-electron chi connectivity index (χ4n) is 1.65. The van der Waals surface area contributed by atoms with E-state index in [1.54, 1.807) is 32.2 Å². The third kappa shape index (κ3) is 3.64. The summed E-state index contributed by atoms with van der Waals surface area (Å²) in [6.07, 6.45) is 0. The van der Waals surface area contributed by atoms with Crippen LogP contribution in [0.25, 0.3) is 0 Å². The summed E-state index contributed by atoms with van der Waals surface area (Å²) < 4.78 is 10.9. The van der Waals surface area contributed by atoms with Crippen molar-refractivity contribution in [1.82, 2.24) is 4.90 Å². The van der Waals surface area contributed by atoms with E-state index in [9.17, 15) is 4.79 Å². The Bertz CT molecular complexity index is 508. The van der Waals surface area contributed by atoms with Crippen molar-refractivity contribution in [3.8, 4) is 17.6 Å². The monoisotopic (exact) mass is 276 g/mol. The first-order valence-corrected chi connectivity index (χ1v) is 6.61. The molecular weight excluding hydrogens is 256 g/mol. The summed E-state index contributed by atoms with van der Waals surface area (Å²) in [7, 11) is 1.60. The third-order valence-corrected chi connectivity index (χ3v) is 2.88. The Hall–Kier alpha value is -2.22. The van der Waals surface area contributed by atoms with Crippen LogP contribution in [0.5, 0.6) is 11.5 Å². The van der Waals surface area contributed by atoms with Crippen LogP contribution in [0.3, 0.4) is 0 Å². The number of rotatable bonds is 6. The molecule has 0 saturated carbocycles. The van der Waals surface area contributed by atoms with Crippen molar-refractivity contribution in [2.24, 2.45) is 0 Å². The molecule has 0 N–H and O–H groups in total. The zero-order valence-corrected chi connectivity index (χ0v) is 12.3. The molecule has 0 fully saturated rings. The molecule has 0 spiro atoms. The third-order valence-electron chi connectivity index (χ3n) is 2.88. The van der Waals surface area contributed by atoms with Crippen molar-refractivity contribution in [1.29, 1.82) is 5.26 Å². The van der Waals surface area contributed by atoms with E-state index in [2.05, 4.69) is 0 Å². The maximum atomic E-state index is 12.2. The summed E-state index contributed by atoms with van der Waals surface area (Å²) in [6, 6.07) is 6.60. The Labute approximate surface area is 119 Å². The van der Waals surface area contributed by atoms with Crippen LogP contribution in [-0.4, -0.2) is 37.1 Å². The van der Waals surface area contributed by atoms with Gasteiger partial charge in [0.05, 0.1) is 19.3 Å². The molecule has 0 heterocycles. The van der Waals surface area contributed by atoms with Gasteiger partial charge in [0.15, 0.2) is 11.5 Å². The van der Waals surface area contributed by atoms with Crippen LogP contribution >= 0.6 is 0 Å². The molecule has 1 aromatic carbocycles. The van der Waals surface area contributed by atoms with E-state index in [0.717, 1.165) is 0 Å². The minimum atomic E-state index is -0.482. The van der Waals surface area contributed by atoms with Crippen LogP contribution in [0.2, 0.25) is 0 Å². The molecule has 1 rings (SSSR count). The molecule has 5 nitrogen and oxygen atoms in total. The fourth-order valence-corrected chi connectivity index (χ4v) is 1.65. The van der Waals surface area contributed by atoms with E-state index in [1.165, 1.54) is 4.90 Å². The van der Waals surface area contributed by atoms with Crippen LogP contribution in [0.4, 0.5) is 0 Å². The van der Waals surface area contributed by atoms with Gasteiger partial charge in [-0.15, -0.1) is 0 Å². The SMILES string of the molecule is CCOc1ccc(C(=O)N(C)C(C)C#N)cc1OCC. The lowest BCUT2D eigenvalue weighted by Gasteiger charge is -2.20. The molecule has 0 aliphatic carbocycles. The van der Waals surface area contributed by atoms with E-state index in [0.29, 0.717) is 30.3 Å². The Morgan fingerprint density at radius 2 is 1.90 bits per heavy atom. The van der Waals surface area contributed by atoms with E-state index < -0.39 is 6.04 Å². The lowest BCUT2D eigenvalue weighted by atomic mass is 10.1. The topological polar surface area (TPSA) is 62.6 Å². The largest absolute Gasteiger partial charge is 0.490 e. The molecule has 5 heteroatoms. The Morgan fingerprint density at radius 1 is 1.30 bits per heavy atom. The van der Waals surface area contributed by atoms with Crippen molar-refractivity contribution in [2.45, 2.75) is 26.8 Å². The van der Waals surface area contributed by atoms with Gasteiger partial charge >= 0.3 is 0 Å². The van der Waals surface area contributed by atoms with Crippen LogP contribution < -0.4 is 9.47 Å². The minimum Gasteiger partial charge on any atom is -0.490 e. The molecule has 1 unspecified atom stereocenters. The maximum Gasteiger partial charge on any atom is 0.254 e. The standard InChI is InChI=1S/C15H20N2O3/c1-5-19-13-8-7-12(9-14(13)20-6-2)15(18)17(4)11(3)10-16/h7-9,11H,5-6H2,1-4H3. The molecule has 0 aliphatic heterocycles. The Kier molecular flexibility index (Phi) is 5.85. The van der Waals surface area contributed by atoms with Crippen molar-refractivity contribution in [3.63, 3.8) is 0 Å². The van der Waals surface area contributed by atoms with Gasteiger partial charge in [-0.25, -0.2) is 0 Å². The number of nitriles is 1. The molecule has 0 aliphatic rings. The fraction of sp³-hybridized carbons (Fsp3) is 0.467. The van der Waals surface area contributed by atoms with Crippen LogP contribution in [-0.2, 0) is 0 Å². The molecule has 1 amide bonds. The molecule has 0 radical (unpaired) electrons. The van der Waals surface area contributed by atoms with E-state index >= 15 is 0 Å². The van der Waals surface area contributed by atoms with E-state index in [-0.39, 0.29) is 5.91 Å². The second kappa shape index (κ2) is 7.39. The number of hydrogen-bond donors (Lipinski definition) is 0. The van der Waals surface area contributed by atoms with Gasteiger partial charge in [-0.2, -0.15) is 5.26 Å². The second-order valence-corrected chi connectivity index (χ2v) is 4.25. The predicted molar refractivity (Wildman–Crippen MR) is 75.9 cm³/mol. The molecule has 20 heavy (non-hydrogen) atoms. The normalized spacial score (nSPS) is 11.3. The van der Waals surface area contributed by atoms with Gasteiger partial charge in [0.1, 0.15) is 6.04 Å². The smallest absolute Gasteiger partial charge is 0.254 e. The summed E-state index contributed by atoms with van der Waals surface area (Å²) in [5.74, 6) is 0.933. The number of benzene rings is 1. The highest BCUT2D eigenvalue weighted by Crippen LogP contribution is 2.29. The number of hydrogen-bond acceptors (Lipinski definition) is 4.